The first-order valence-electron chi connectivity index (χ1n) is 7.37. The van der Waals surface area contributed by atoms with Crippen LogP contribution in [0.1, 0.15) is 29.5 Å². The van der Waals surface area contributed by atoms with Crippen LogP contribution in [0, 0.1) is 11.6 Å². The van der Waals surface area contributed by atoms with Crippen LogP contribution in [-0.2, 0) is 0 Å². The van der Waals surface area contributed by atoms with Crippen LogP contribution in [0.5, 0.6) is 0 Å². The smallest absolute Gasteiger partial charge is 0.126 e. The van der Waals surface area contributed by atoms with Crippen molar-refractivity contribution in [1.82, 2.24) is 5.32 Å². The predicted molar refractivity (Wildman–Crippen MR) is 86.0 cm³/mol. The minimum absolute atomic E-state index is 0.102. The molecule has 4 rings (SSSR count). The summed E-state index contributed by atoms with van der Waals surface area (Å²) in [4.78, 5) is 0. The second-order valence-corrected chi connectivity index (χ2v) is 6.85. The number of anilines is 1. The molecule has 2 N–H and O–H groups in total. The van der Waals surface area contributed by atoms with Crippen molar-refractivity contribution in [2.24, 2.45) is 0 Å². The van der Waals surface area contributed by atoms with Gasteiger partial charge in [-0.15, -0.1) is 0 Å². The van der Waals surface area contributed by atoms with E-state index in [0.717, 1.165) is 29.2 Å². The van der Waals surface area contributed by atoms with E-state index in [4.69, 9.17) is 0 Å². The lowest BCUT2D eigenvalue weighted by Gasteiger charge is -2.35. The number of fused-ring (bicyclic) bond motifs is 3. The Morgan fingerprint density at radius 1 is 1.05 bits per heavy atom. The van der Waals surface area contributed by atoms with Crippen LogP contribution in [0.3, 0.4) is 0 Å². The predicted octanol–water partition coefficient (Wildman–Crippen LogP) is 4.34. The average Bonchev–Trinajstić information content (AvgIpc) is 2.84. The molecule has 1 fully saturated rings. The number of hydrogen-bond donors (Lipinski definition) is 2. The van der Waals surface area contributed by atoms with Crippen molar-refractivity contribution in [2.75, 3.05) is 11.9 Å². The Bertz CT molecular complexity index is 714. The van der Waals surface area contributed by atoms with E-state index < -0.39 is 11.6 Å². The van der Waals surface area contributed by atoms with Gasteiger partial charge in [0.2, 0.25) is 0 Å². The molecular formula is C17H15BrF2N2. The normalized spacial score (nSPS) is 26.2. The zero-order valence-corrected chi connectivity index (χ0v) is 13.3. The van der Waals surface area contributed by atoms with Crippen LogP contribution >= 0.6 is 15.9 Å². The molecule has 2 aromatic rings. The minimum Gasteiger partial charge on any atom is -0.380 e. The Morgan fingerprint density at radius 2 is 1.82 bits per heavy atom. The molecule has 2 aliphatic heterocycles. The lowest BCUT2D eigenvalue weighted by atomic mass is 9.82. The van der Waals surface area contributed by atoms with Crippen molar-refractivity contribution in [2.45, 2.75) is 24.4 Å². The molecule has 2 aromatic carbocycles. The number of benzene rings is 2. The van der Waals surface area contributed by atoms with Gasteiger partial charge in [-0.2, -0.15) is 0 Å². The Balaban J connectivity index is 1.72. The third kappa shape index (κ3) is 2.32. The van der Waals surface area contributed by atoms with Crippen molar-refractivity contribution in [3.05, 3.63) is 63.6 Å². The highest BCUT2D eigenvalue weighted by atomic mass is 79.9. The summed E-state index contributed by atoms with van der Waals surface area (Å²) in [7, 11) is 0. The first-order chi connectivity index (χ1) is 10.6. The van der Waals surface area contributed by atoms with E-state index in [0.29, 0.717) is 11.5 Å². The Labute approximate surface area is 136 Å². The summed E-state index contributed by atoms with van der Waals surface area (Å²) in [5.41, 5.74) is 3.05. The molecule has 0 saturated carbocycles. The molecular weight excluding hydrogens is 350 g/mol. The van der Waals surface area contributed by atoms with Gasteiger partial charge >= 0.3 is 0 Å². The summed E-state index contributed by atoms with van der Waals surface area (Å²) in [5.74, 6) is -0.709. The molecule has 2 heterocycles. The SMILES string of the molecule is Fc1cc(F)cc(C2NCCC3c4cc(Br)ccc4NC32)c1. The van der Waals surface area contributed by atoms with Gasteiger partial charge in [-0.05, 0) is 54.4 Å². The molecule has 0 spiro atoms. The van der Waals surface area contributed by atoms with Crippen molar-refractivity contribution in [1.29, 1.82) is 0 Å². The van der Waals surface area contributed by atoms with Gasteiger partial charge < -0.3 is 10.6 Å². The second kappa shape index (κ2) is 5.32. The Morgan fingerprint density at radius 3 is 2.59 bits per heavy atom. The van der Waals surface area contributed by atoms with E-state index in [-0.39, 0.29) is 12.1 Å². The highest BCUT2D eigenvalue weighted by Crippen LogP contribution is 2.45. The fourth-order valence-electron chi connectivity index (χ4n) is 3.70. The average molecular weight is 365 g/mol. The third-order valence-corrected chi connectivity index (χ3v) is 5.08. The molecule has 22 heavy (non-hydrogen) atoms. The number of piperidine rings is 1. The third-order valence-electron chi connectivity index (χ3n) is 4.59. The van der Waals surface area contributed by atoms with Gasteiger partial charge in [-0.25, -0.2) is 8.78 Å². The first-order valence-corrected chi connectivity index (χ1v) is 8.16. The van der Waals surface area contributed by atoms with E-state index in [1.807, 2.05) is 6.07 Å². The fourth-order valence-corrected chi connectivity index (χ4v) is 4.08. The monoisotopic (exact) mass is 364 g/mol. The van der Waals surface area contributed by atoms with Crippen LogP contribution in [-0.4, -0.2) is 12.6 Å². The molecule has 3 atom stereocenters. The summed E-state index contributed by atoms with van der Waals surface area (Å²) >= 11 is 3.52. The maximum Gasteiger partial charge on any atom is 0.126 e. The summed E-state index contributed by atoms with van der Waals surface area (Å²) in [6.07, 6.45) is 1.01. The van der Waals surface area contributed by atoms with Gasteiger partial charge in [0.1, 0.15) is 11.6 Å². The van der Waals surface area contributed by atoms with Crippen LogP contribution in [0.25, 0.3) is 0 Å². The van der Waals surface area contributed by atoms with E-state index in [2.05, 4.69) is 38.7 Å². The standard InChI is InChI=1S/C17H15BrF2N2/c18-10-1-2-15-14(7-10)13-3-4-21-16(17(13)22-15)9-5-11(19)8-12(20)6-9/h1-2,5-8,13,16-17,21-22H,3-4H2. The second-order valence-electron chi connectivity index (χ2n) is 5.93. The zero-order chi connectivity index (χ0) is 15.3. The van der Waals surface area contributed by atoms with Crippen molar-refractivity contribution in [3.8, 4) is 0 Å². The van der Waals surface area contributed by atoms with Gasteiger partial charge in [-0.3, -0.25) is 0 Å². The number of hydrogen-bond acceptors (Lipinski definition) is 2. The molecule has 5 heteroatoms. The summed E-state index contributed by atoms with van der Waals surface area (Å²) in [6.45, 7) is 0.831. The van der Waals surface area contributed by atoms with E-state index >= 15 is 0 Å². The zero-order valence-electron chi connectivity index (χ0n) is 11.7. The van der Waals surface area contributed by atoms with E-state index in [1.54, 1.807) is 0 Å². The molecule has 0 amide bonds. The van der Waals surface area contributed by atoms with Gasteiger partial charge in [0.05, 0.1) is 12.1 Å². The largest absolute Gasteiger partial charge is 0.380 e. The lowest BCUT2D eigenvalue weighted by molar-refractivity contribution is 0.346. The van der Waals surface area contributed by atoms with Gasteiger partial charge in [0.15, 0.2) is 0 Å². The minimum atomic E-state index is -0.530. The fraction of sp³-hybridized carbons (Fsp3) is 0.294. The van der Waals surface area contributed by atoms with Crippen LogP contribution in [0.4, 0.5) is 14.5 Å². The van der Waals surface area contributed by atoms with Gasteiger partial charge in [0.25, 0.3) is 0 Å². The molecule has 0 radical (unpaired) electrons. The van der Waals surface area contributed by atoms with Crippen LogP contribution in [0.2, 0.25) is 0 Å². The summed E-state index contributed by atoms with van der Waals surface area (Å²) in [6, 6.07) is 9.97. The van der Waals surface area contributed by atoms with Crippen molar-refractivity contribution in [3.63, 3.8) is 0 Å². The highest BCUT2D eigenvalue weighted by Gasteiger charge is 2.40. The molecule has 3 unspecified atom stereocenters. The molecule has 2 nitrogen and oxygen atoms in total. The van der Waals surface area contributed by atoms with Crippen LogP contribution < -0.4 is 10.6 Å². The number of nitrogens with one attached hydrogen (secondary N) is 2. The number of rotatable bonds is 1. The maximum absolute atomic E-state index is 13.5. The molecule has 2 aliphatic rings. The maximum atomic E-state index is 13.5. The lowest BCUT2D eigenvalue weighted by Crippen LogP contribution is -2.43. The summed E-state index contributed by atoms with van der Waals surface area (Å²) < 4.78 is 28.2. The first kappa shape index (κ1) is 14.2. The van der Waals surface area contributed by atoms with E-state index in [1.165, 1.54) is 17.7 Å². The van der Waals surface area contributed by atoms with Crippen molar-refractivity contribution >= 4 is 21.6 Å². The molecule has 0 aliphatic carbocycles. The summed E-state index contributed by atoms with van der Waals surface area (Å²) in [5, 5.41) is 6.93. The van der Waals surface area contributed by atoms with Crippen LogP contribution in [0.15, 0.2) is 40.9 Å². The quantitative estimate of drug-likeness (QED) is 0.786. The Kier molecular flexibility index (Phi) is 3.42. The molecule has 1 saturated heterocycles. The topological polar surface area (TPSA) is 24.1 Å². The van der Waals surface area contributed by atoms with Crippen molar-refractivity contribution < 1.29 is 8.78 Å². The molecule has 0 aromatic heterocycles. The number of halogens is 3. The molecule has 114 valence electrons. The van der Waals surface area contributed by atoms with Gasteiger partial charge in [-0.1, -0.05) is 15.9 Å². The molecule has 0 bridgehead atoms. The van der Waals surface area contributed by atoms with E-state index in [9.17, 15) is 8.78 Å². The Hall–Kier alpha value is -1.46. The highest BCUT2D eigenvalue weighted by molar-refractivity contribution is 9.10. The van der Waals surface area contributed by atoms with Gasteiger partial charge in [0, 0.05) is 22.1 Å².